The van der Waals surface area contributed by atoms with E-state index in [1.165, 1.54) is 4.90 Å². The van der Waals surface area contributed by atoms with Gasteiger partial charge in [0.2, 0.25) is 11.8 Å². The fraction of sp³-hybridized carbons (Fsp3) is 0.304. The van der Waals surface area contributed by atoms with Gasteiger partial charge in [0.1, 0.15) is 5.70 Å². The van der Waals surface area contributed by atoms with Crippen LogP contribution in [0.25, 0.3) is 5.57 Å². The molecular formula is C23H23N3O5. The number of nitrogens with zero attached hydrogens (tertiary/aromatic N) is 2. The normalized spacial score (nSPS) is 20.8. The van der Waals surface area contributed by atoms with Gasteiger partial charge in [-0.2, -0.15) is 0 Å². The standard InChI is InChI=1S/C23H23N3O5/c1-13(27)20-18-10-17(21(23(30)31)26(18)22(20)29)16-6-2-4-14(8-16)9-19(28)25-12-15-5-3-7-24-11-15/h2-8,11,13,18,20,27H,9-10,12H2,1H3,(H,25,28)(H,30,31)/t13-,18-,20-/m1/s1. The fourth-order valence-corrected chi connectivity index (χ4v) is 4.35. The Morgan fingerprint density at radius 3 is 2.71 bits per heavy atom. The van der Waals surface area contributed by atoms with Crippen molar-refractivity contribution in [1.29, 1.82) is 0 Å². The van der Waals surface area contributed by atoms with E-state index in [1.54, 1.807) is 43.6 Å². The Morgan fingerprint density at radius 1 is 1.26 bits per heavy atom. The number of aliphatic carboxylic acids is 1. The molecule has 3 N–H and O–H groups in total. The van der Waals surface area contributed by atoms with Crippen LogP contribution >= 0.6 is 0 Å². The topological polar surface area (TPSA) is 120 Å². The van der Waals surface area contributed by atoms with Crippen LogP contribution in [-0.4, -0.2) is 50.0 Å². The Bertz CT molecular complexity index is 1060. The number of aliphatic hydroxyl groups excluding tert-OH is 1. The van der Waals surface area contributed by atoms with Gasteiger partial charge in [0, 0.05) is 18.9 Å². The zero-order valence-corrected chi connectivity index (χ0v) is 17.0. The molecule has 0 bridgehead atoms. The molecule has 2 aliphatic rings. The van der Waals surface area contributed by atoms with E-state index in [0.717, 1.165) is 11.1 Å². The molecule has 0 radical (unpaired) electrons. The zero-order chi connectivity index (χ0) is 22.1. The first-order valence-corrected chi connectivity index (χ1v) is 10.1. The predicted octanol–water partition coefficient (Wildman–Crippen LogP) is 1.35. The third-order valence-corrected chi connectivity index (χ3v) is 5.78. The van der Waals surface area contributed by atoms with Crippen LogP contribution in [0, 0.1) is 5.92 Å². The molecule has 2 aliphatic heterocycles. The second-order valence-corrected chi connectivity index (χ2v) is 7.89. The van der Waals surface area contributed by atoms with Crippen molar-refractivity contribution in [3.05, 3.63) is 71.2 Å². The minimum Gasteiger partial charge on any atom is -0.477 e. The highest BCUT2D eigenvalue weighted by atomic mass is 16.4. The Kier molecular flexibility index (Phi) is 5.56. The smallest absolute Gasteiger partial charge is 0.352 e. The van der Waals surface area contributed by atoms with Gasteiger partial charge in [-0.3, -0.25) is 14.6 Å². The Balaban J connectivity index is 1.51. The summed E-state index contributed by atoms with van der Waals surface area (Å²) in [5.41, 5.74) is 2.82. The highest BCUT2D eigenvalue weighted by Crippen LogP contribution is 2.46. The van der Waals surface area contributed by atoms with Crippen LogP contribution in [0.15, 0.2) is 54.5 Å². The molecule has 1 aromatic heterocycles. The maximum absolute atomic E-state index is 12.4. The quantitative estimate of drug-likeness (QED) is 0.581. The summed E-state index contributed by atoms with van der Waals surface area (Å²) >= 11 is 0. The number of benzene rings is 1. The van der Waals surface area contributed by atoms with Gasteiger partial charge in [0.15, 0.2) is 0 Å². The number of aromatic nitrogens is 1. The summed E-state index contributed by atoms with van der Waals surface area (Å²) < 4.78 is 0. The molecule has 0 unspecified atom stereocenters. The number of pyridine rings is 1. The van der Waals surface area contributed by atoms with Crippen molar-refractivity contribution in [3.8, 4) is 0 Å². The number of hydrogen-bond donors (Lipinski definition) is 3. The van der Waals surface area contributed by atoms with Crippen molar-refractivity contribution < 1.29 is 24.6 Å². The SMILES string of the molecule is C[C@@H](O)[C@H]1C(=O)N2C(C(=O)O)=C(c3cccc(CC(=O)NCc4cccnc4)c3)C[C@H]12. The van der Waals surface area contributed by atoms with Crippen molar-refractivity contribution in [2.45, 2.75) is 38.5 Å². The first-order valence-electron chi connectivity index (χ1n) is 10.1. The molecule has 1 saturated heterocycles. The van der Waals surface area contributed by atoms with E-state index in [-0.39, 0.29) is 30.0 Å². The molecule has 2 amide bonds. The highest BCUT2D eigenvalue weighted by Gasteiger charge is 2.56. The molecule has 0 aliphatic carbocycles. The number of β-lactam (4-membered cyclic amide) rings is 1. The monoisotopic (exact) mass is 421 g/mol. The molecule has 2 aromatic rings. The number of carbonyl (C=O) groups is 3. The first kappa shape index (κ1) is 20.7. The minimum absolute atomic E-state index is 0.0370. The zero-order valence-electron chi connectivity index (χ0n) is 17.0. The molecule has 3 atom stereocenters. The van der Waals surface area contributed by atoms with Crippen molar-refractivity contribution in [1.82, 2.24) is 15.2 Å². The van der Waals surface area contributed by atoms with Gasteiger partial charge >= 0.3 is 5.97 Å². The summed E-state index contributed by atoms with van der Waals surface area (Å²) in [7, 11) is 0. The summed E-state index contributed by atoms with van der Waals surface area (Å²) in [5.74, 6) is -2.28. The molecule has 1 aromatic carbocycles. The molecule has 4 rings (SSSR count). The molecule has 1 fully saturated rings. The molecule has 8 nitrogen and oxygen atoms in total. The van der Waals surface area contributed by atoms with E-state index >= 15 is 0 Å². The van der Waals surface area contributed by atoms with E-state index in [2.05, 4.69) is 10.3 Å². The molecule has 0 spiro atoms. The second-order valence-electron chi connectivity index (χ2n) is 7.89. The third-order valence-electron chi connectivity index (χ3n) is 5.78. The van der Waals surface area contributed by atoms with E-state index < -0.39 is 18.0 Å². The Morgan fingerprint density at radius 2 is 2.03 bits per heavy atom. The number of nitrogens with one attached hydrogen (secondary N) is 1. The van der Waals surface area contributed by atoms with Crippen molar-refractivity contribution >= 4 is 23.4 Å². The van der Waals surface area contributed by atoms with Crippen LogP contribution in [0.5, 0.6) is 0 Å². The number of carboxylic acid groups (broad SMARTS) is 1. The maximum Gasteiger partial charge on any atom is 0.352 e. The van der Waals surface area contributed by atoms with E-state index in [9.17, 15) is 24.6 Å². The lowest BCUT2D eigenvalue weighted by Gasteiger charge is -2.44. The van der Waals surface area contributed by atoms with Gasteiger partial charge in [-0.15, -0.1) is 0 Å². The van der Waals surface area contributed by atoms with Gasteiger partial charge in [-0.1, -0.05) is 30.3 Å². The number of carboxylic acids is 1. The number of aliphatic hydroxyl groups is 1. The van der Waals surface area contributed by atoms with Crippen LogP contribution in [0.1, 0.15) is 30.0 Å². The largest absolute Gasteiger partial charge is 0.477 e. The fourth-order valence-electron chi connectivity index (χ4n) is 4.35. The van der Waals surface area contributed by atoms with Crippen molar-refractivity contribution in [3.63, 3.8) is 0 Å². The van der Waals surface area contributed by atoms with Crippen LogP contribution < -0.4 is 5.32 Å². The van der Waals surface area contributed by atoms with Gasteiger partial charge in [0.05, 0.1) is 24.5 Å². The van der Waals surface area contributed by atoms with Crippen LogP contribution in [-0.2, 0) is 27.3 Å². The molecule has 3 heterocycles. The molecular weight excluding hydrogens is 398 g/mol. The maximum atomic E-state index is 12.4. The summed E-state index contributed by atoms with van der Waals surface area (Å²) in [6.07, 6.45) is 3.02. The van der Waals surface area contributed by atoms with Crippen LogP contribution in [0.4, 0.5) is 0 Å². The van der Waals surface area contributed by atoms with Gasteiger partial charge in [0.25, 0.3) is 0 Å². The summed E-state index contributed by atoms with van der Waals surface area (Å²) in [6, 6.07) is 10.5. The van der Waals surface area contributed by atoms with E-state index in [1.807, 2.05) is 12.1 Å². The van der Waals surface area contributed by atoms with Crippen molar-refractivity contribution in [2.75, 3.05) is 0 Å². The van der Waals surface area contributed by atoms with Gasteiger partial charge in [-0.25, -0.2) is 4.79 Å². The second kappa shape index (κ2) is 8.31. The highest BCUT2D eigenvalue weighted by molar-refractivity contribution is 6.06. The number of fused-ring (bicyclic) bond motifs is 1. The van der Waals surface area contributed by atoms with Gasteiger partial charge < -0.3 is 20.4 Å². The number of amides is 2. The number of carbonyl (C=O) groups excluding carboxylic acids is 2. The van der Waals surface area contributed by atoms with Crippen molar-refractivity contribution in [2.24, 2.45) is 5.92 Å². The summed E-state index contributed by atoms with van der Waals surface area (Å²) in [6.45, 7) is 1.92. The molecule has 160 valence electrons. The van der Waals surface area contributed by atoms with Gasteiger partial charge in [-0.05, 0) is 41.7 Å². The summed E-state index contributed by atoms with van der Waals surface area (Å²) in [4.78, 5) is 41.9. The van der Waals surface area contributed by atoms with E-state index in [0.29, 0.717) is 24.1 Å². The Hall–Kier alpha value is -3.52. The average Bonchev–Trinajstić information content (AvgIpc) is 3.08. The lowest BCUT2D eigenvalue weighted by atomic mass is 9.82. The Labute approximate surface area is 179 Å². The molecule has 0 saturated carbocycles. The molecule has 8 heteroatoms. The minimum atomic E-state index is -1.17. The third kappa shape index (κ3) is 3.94. The first-order chi connectivity index (χ1) is 14.9. The molecule has 31 heavy (non-hydrogen) atoms. The van der Waals surface area contributed by atoms with Crippen LogP contribution in [0.3, 0.4) is 0 Å². The summed E-state index contributed by atoms with van der Waals surface area (Å²) in [5, 5.41) is 22.5. The lowest BCUT2D eigenvalue weighted by Crippen LogP contribution is -2.61. The number of rotatable bonds is 7. The van der Waals surface area contributed by atoms with E-state index in [4.69, 9.17) is 0 Å². The average molecular weight is 421 g/mol. The number of hydrogen-bond acceptors (Lipinski definition) is 5. The van der Waals surface area contributed by atoms with Crippen LogP contribution in [0.2, 0.25) is 0 Å². The predicted molar refractivity (Wildman–Crippen MR) is 111 cm³/mol. The lowest BCUT2D eigenvalue weighted by molar-refractivity contribution is -0.161.